The van der Waals surface area contributed by atoms with Crippen LogP contribution in [0.4, 0.5) is 13.2 Å². The summed E-state index contributed by atoms with van der Waals surface area (Å²) in [4.78, 5) is 0. The first kappa shape index (κ1) is 12.4. The van der Waals surface area contributed by atoms with E-state index in [2.05, 4.69) is 0 Å². The van der Waals surface area contributed by atoms with Gasteiger partial charge in [0.2, 0.25) is 0 Å². The largest absolute Gasteiger partial charge is 0.497 e. The maximum Gasteiger partial charge on any atom is 0.390 e. The molecule has 16 heavy (non-hydrogen) atoms. The highest BCUT2D eigenvalue weighted by molar-refractivity contribution is 5.33. The molecule has 0 N–H and O–H groups in total. The number of methoxy groups -OCH3 is 1. The molecule has 0 bridgehead atoms. The molecule has 5 heteroatoms. The number of hydrogen-bond acceptors (Lipinski definition) is 2. The van der Waals surface area contributed by atoms with E-state index in [1.54, 1.807) is 18.2 Å². The minimum Gasteiger partial charge on any atom is -0.497 e. The Kier molecular flexibility index (Phi) is 3.78. The zero-order chi connectivity index (χ0) is 12.2. The van der Waals surface area contributed by atoms with Gasteiger partial charge in [0.05, 0.1) is 25.5 Å². The van der Waals surface area contributed by atoms with Crippen LogP contribution in [0.15, 0.2) is 24.3 Å². The van der Waals surface area contributed by atoms with E-state index in [-0.39, 0.29) is 0 Å². The highest BCUT2D eigenvalue weighted by Gasteiger charge is 2.32. The molecular weight excluding hydrogens is 219 g/mol. The fraction of sp³-hybridized carbons (Fsp3) is 0.364. The van der Waals surface area contributed by atoms with Gasteiger partial charge in [0, 0.05) is 0 Å². The van der Waals surface area contributed by atoms with Crippen molar-refractivity contribution in [1.29, 1.82) is 5.26 Å². The van der Waals surface area contributed by atoms with E-state index in [4.69, 9.17) is 10.00 Å². The normalized spacial score (nSPS) is 12.9. The average Bonchev–Trinajstić information content (AvgIpc) is 2.25. The fourth-order valence-corrected chi connectivity index (χ4v) is 1.33. The molecule has 0 heterocycles. The van der Waals surface area contributed by atoms with Crippen molar-refractivity contribution in [3.8, 4) is 11.8 Å². The molecule has 0 fully saturated rings. The number of nitrogens with zero attached hydrogens (tertiary/aromatic N) is 1. The maximum absolute atomic E-state index is 12.2. The lowest BCUT2D eigenvalue weighted by molar-refractivity contribution is -0.136. The first-order chi connectivity index (χ1) is 7.46. The topological polar surface area (TPSA) is 33.0 Å². The van der Waals surface area contributed by atoms with Crippen LogP contribution >= 0.6 is 0 Å². The monoisotopic (exact) mass is 229 g/mol. The second-order valence-corrected chi connectivity index (χ2v) is 3.28. The SMILES string of the molecule is COc1cccc(C(C#N)CC(F)(F)F)c1. The lowest BCUT2D eigenvalue weighted by Crippen LogP contribution is -2.12. The molecule has 1 atom stereocenters. The van der Waals surface area contributed by atoms with Gasteiger partial charge in [-0.2, -0.15) is 18.4 Å². The summed E-state index contributed by atoms with van der Waals surface area (Å²) in [5.74, 6) is -0.741. The van der Waals surface area contributed by atoms with Crippen LogP contribution in [0.1, 0.15) is 17.9 Å². The third-order valence-electron chi connectivity index (χ3n) is 2.09. The Hall–Kier alpha value is -1.70. The van der Waals surface area contributed by atoms with E-state index in [1.807, 2.05) is 0 Å². The molecular formula is C11H10F3NO. The van der Waals surface area contributed by atoms with Crippen LogP contribution in [0, 0.1) is 11.3 Å². The van der Waals surface area contributed by atoms with E-state index >= 15 is 0 Å². The highest BCUT2D eigenvalue weighted by Crippen LogP contribution is 2.31. The molecule has 0 aromatic heterocycles. The number of halogens is 3. The molecule has 1 unspecified atom stereocenters. The van der Waals surface area contributed by atoms with Gasteiger partial charge in [-0.05, 0) is 17.7 Å². The molecule has 1 aromatic carbocycles. The van der Waals surface area contributed by atoms with Crippen LogP contribution in [-0.2, 0) is 0 Å². The van der Waals surface area contributed by atoms with Crippen LogP contribution in [0.2, 0.25) is 0 Å². The van der Waals surface area contributed by atoms with Crippen molar-refractivity contribution in [2.45, 2.75) is 18.5 Å². The fourth-order valence-electron chi connectivity index (χ4n) is 1.33. The Morgan fingerprint density at radius 3 is 2.62 bits per heavy atom. The molecule has 0 amide bonds. The third-order valence-corrected chi connectivity index (χ3v) is 2.09. The second kappa shape index (κ2) is 4.88. The van der Waals surface area contributed by atoms with Crippen molar-refractivity contribution in [2.75, 3.05) is 7.11 Å². The van der Waals surface area contributed by atoms with Crippen LogP contribution in [-0.4, -0.2) is 13.3 Å². The highest BCUT2D eigenvalue weighted by atomic mass is 19.4. The van der Waals surface area contributed by atoms with E-state index in [9.17, 15) is 13.2 Å². The van der Waals surface area contributed by atoms with Crippen molar-refractivity contribution in [3.63, 3.8) is 0 Å². The number of hydrogen-bond donors (Lipinski definition) is 0. The summed E-state index contributed by atoms with van der Waals surface area (Å²) < 4.78 is 41.4. The van der Waals surface area contributed by atoms with Gasteiger partial charge in [-0.25, -0.2) is 0 Å². The Bertz CT molecular complexity index is 395. The Labute approximate surface area is 91.3 Å². The predicted octanol–water partition coefficient (Wildman–Crippen LogP) is 3.25. The number of nitriles is 1. The smallest absolute Gasteiger partial charge is 0.390 e. The van der Waals surface area contributed by atoms with Gasteiger partial charge in [0.1, 0.15) is 5.75 Å². The molecule has 0 radical (unpaired) electrons. The lowest BCUT2D eigenvalue weighted by atomic mass is 9.97. The minimum absolute atomic E-state index is 0.319. The average molecular weight is 229 g/mol. The van der Waals surface area contributed by atoms with E-state index in [0.29, 0.717) is 11.3 Å². The predicted molar refractivity (Wildman–Crippen MR) is 52.0 cm³/mol. The molecule has 0 saturated carbocycles. The number of benzene rings is 1. The van der Waals surface area contributed by atoms with Crippen LogP contribution in [0.25, 0.3) is 0 Å². The molecule has 0 spiro atoms. The van der Waals surface area contributed by atoms with Crippen molar-refractivity contribution in [2.24, 2.45) is 0 Å². The summed E-state index contributed by atoms with van der Waals surface area (Å²) in [5, 5.41) is 8.72. The summed E-state index contributed by atoms with van der Waals surface area (Å²) in [7, 11) is 1.42. The van der Waals surface area contributed by atoms with Gasteiger partial charge in [-0.15, -0.1) is 0 Å². The summed E-state index contributed by atoms with van der Waals surface area (Å²) in [6.07, 6.45) is -5.49. The first-order valence-corrected chi connectivity index (χ1v) is 4.56. The molecule has 1 rings (SSSR count). The number of ether oxygens (including phenoxy) is 1. The zero-order valence-corrected chi connectivity index (χ0v) is 8.58. The molecule has 0 aliphatic carbocycles. The quantitative estimate of drug-likeness (QED) is 0.796. The Balaban J connectivity index is 2.92. The molecule has 0 aliphatic rings. The summed E-state index contributed by atoms with van der Waals surface area (Å²) >= 11 is 0. The van der Waals surface area contributed by atoms with Gasteiger partial charge < -0.3 is 4.74 Å². The molecule has 2 nitrogen and oxygen atoms in total. The van der Waals surface area contributed by atoms with E-state index in [0.717, 1.165) is 0 Å². The van der Waals surface area contributed by atoms with Gasteiger partial charge in [0.15, 0.2) is 0 Å². The molecule has 0 saturated heterocycles. The zero-order valence-electron chi connectivity index (χ0n) is 8.58. The summed E-state index contributed by atoms with van der Waals surface area (Å²) in [6, 6.07) is 7.76. The van der Waals surface area contributed by atoms with E-state index in [1.165, 1.54) is 19.2 Å². The first-order valence-electron chi connectivity index (χ1n) is 4.56. The van der Waals surface area contributed by atoms with Crippen LogP contribution in [0.5, 0.6) is 5.75 Å². The maximum atomic E-state index is 12.2. The number of rotatable bonds is 3. The Morgan fingerprint density at radius 1 is 1.44 bits per heavy atom. The lowest BCUT2D eigenvalue weighted by Gasteiger charge is -2.12. The van der Waals surface area contributed by atoms with E-state index < -0.39 is 18.5 Å². The van der Waals surface area contributed by atoms with Gasteiger partial charge in [0.25, 0.3) is 0 Å². The standard InChI is InChI=1S/C11H10F3NO/c1-16-10-4-2-3-8(5-10)9(7-15)6-11(12,13)14/h2-5,9H,6H2,1H3. The summed E-state index contributed by atoms with van der Waals surface area (Å²) in [5.41, 5.74) is 0.319. The van der Waals surface area contributed by atoms with Crippen LogP contribution in [0.3, 0.4) is 0 Å². The third kappa shape index (κ3) is 3.46. The number of alkyl halides is 3. The van der Waals surface area contributed by atoms with Gasteiger partial charge in [-0.1, -0.05) is 12.1 Å². The van der Waals surface area contributed by atoms with Crippen LogP contribution < -0.4 is 4.74 Å². The summed E-state index contributed by atoms with van der Waals surface area (Å²) in [6.45, 7) is 0. The van der Waals surface area contributed by atoms with Gasteiger partial charge >= 0.3 is 6.18 Å². The second-order valence-electron chi connectivity index (χ2n) is 3.28. The minimum atomic E-state index is -4.34. The Morgan fingerprint density at radius 2 is 2.12 bits per heavy atom. The molecule has 86 valence electrons. The van der Waals surface area contributed by atoms with Crippen molar-refractivity contribution >= 4 is 0 Å². The van der Waals surface area contributed by atoms with Crippen molar-refractivity contribution < 1.29 is 17.9 Å². The van der Waals surface area contributed by atoms with Crippen molar-refractivity contribution in [3.05, 3.63) is 29.8 Å². The van der Waals surface area contributed by atoms with Gasteiger partial charge in [-0.3, -0.25) is 0 Å². The molecule has 1 aromatic rings. The van der Waals surface area contributed by atoms with Crippen molar-refractivity contribution in [1.82, 2.24) is 0 Å². The molecule has 0 aliphatic heterocycles.